The summed E-state index contributed by atoms with van der Waals surface area (Å²) in [6, 6.07) is 9.28. The van der Waals surface area contributed by atoms with Crippen LogP contribution in [0.5, 0.6) is 5.75 Å². The van der Waals surface area contributed by atoms with Crippen molar-refractivity contribution >= 4 is 28.5 Å². The minimum atomic E-state index is -0.567. The van der Waals surface area contributed by atoms with Gasteiger partial charge in [0, 0.05) is 44.2 Å². The summed E-state index contributed by atoms with van der Waals surface area (Å²) in [5.41, 5.74) is 4.17. The Morgan fingerprint density at radius 2 is 1.76 bits per heavy atom. The molecular formula is C38H50FN3O6S. The summed E-state index contributed by atoms with van der Waals surface area (Å²) in [5.74, 6) is -0.266. The number of thiazole rings is 1. The number of ether oxygens (including phenoxy) is 4. The van der Waals surface area contributed by atoms with Crippen molar-refractivity contribution in [2.24, 2.45) is 5.92 Å². The monoisotopic (exact) mass is 695 g/mol. The van der Waals surface area contributed by atoms with Crippen LogP contribution >= 0.6 is 11.3 Å². The largest absolute Gasteiger partial charge is 0.488 e. The van der Waals surface area contributed by atoms with Crippen LogP contribution in [0.25, 0.3) is 11.3 Å². The second-order valence-corrected chi connectivity index (χ2v) is 16.0. The molecule has 0 radical (unpaired) electrons. The summed E-state index contributed by atoms with van der Waals surface area (Å²) in [7, 11) is 1.61. The van der Waals surface area contributed by atoms with Gasteiger partial charge in [0.15, 0.2) is 5.13 Å². The van der Waals surface area contributed by atoms with Crippen LogP contribution in [0.3, 0.4) is 0 Å². The van der Waals surface area contributed by atoms with Crippen molar-refractivity contribution < 1.29 is 32.9 Å². The van der Waals surface area contributed by atoms with Gasteiger partial charge in [-0.1, -0.05) is 25.1 Å². The van der Waals surface area contributed by atoms with Gasteiger partial charge in [0.05, 0.1) is 17.7 Å². The van der Waals surface area contributed by atoms with Crippen LogP contribution in [0.4, 0.5) is 14.3 Å². The van der Waals surface area contributed by atoms with Crippen LogP contribution in [0.2, 0.25) is 0 Å². The molecule has 0 spiro atoms. The highest BCUT2D eigenvalue weighted by Crippen LogP contribution is 2.38. The van der Waals surface area contributed by atoms with Crippen molar-refractivity contribution in [1.29, 1.82) is 0 Å². The third-order valence-electron chi connectivity index (χ3n) is 8.77. The van der Waals surface area contributed by atoms with Gasteiger partial charge < -0.3 is 28.7 Å². The van der Waals surface area contributed by atoms with E-state index in [0.29, 0.717) is 61.8 Å². The average Bonchev–Trinajstić information content (AvgIpc) is 3.44. The predicted octanol–water partition coefficient (Wildman–Crippen LogP) is 7.92. The lowest BCUT2D eigenvalue weighted by Gasteiger charge is -2.37. The SMILES string of the molecule is CO[C@@H]1CN(c2nc(-c3cc(F)cc(C)c3OCc3ccc4c(c3)[C@@H](C)CN(C(=O)OC(C)(C)C)CC4)cs2)CC[C@@H]1C(=O)OC(C)(C)C. The first-order valence-electron chi connectivity index (χ1n) is 17.0. The summed E-state index contributed by atoms with van der Waals surface area (Å²) < 4.78 is 38.3. The Labute approximate surface area is 293 Å². The zero-order valence-corrected chi connectivity index (χ0v) is 31.0. The highest BCUT2D eigenvalue weighted by atomic mass is 32.1. The molecule has 0 unspecified atom stereocenters. The van der Waals surface area contributed by atoms with Gasteiger partial charge >= 0.3 is 12.1 Å². The number of carbonyl (C=O) groups is 2. The van der Waals surface area contributed by atoms with E-state index >= 15 is 0 Å². The van der Waals surface area contributed by atoms with Crippen molar-refractivity contribution in [3.8, 4) is 17.0 Å². The molecule has 3 aromatic rings. The first-order chi connectivity index (χ1) is 23.0. The third-order valence-corrected chi connectivity index (χ3v) is 9.67. The molecule has 1 saturated heterocycles. The fourth-order valence-electron chi connectivity index (χ4n) is 6.47. The number of halogens is 1. The molecule has 2 aliphatic heterocycles. The van der Waals surface area contributed by atoms with Crippen LogP contribution in [0, 0.1) is 18.7 Å². The molecule has 11 heteroatoms. The fourth-order valence-corrected chi connectivity index (χ4v) is 7.33. The van der Waals surface area contributed by atoms with E-state index in [1.165, 1.54) is 34.6 Å². The van der Waals surface area contributed by atoms with Gasteiger partial charge in [-0.25, -0.2) is 14.2 Å². The standard InChI is InChI=1S/C38H50FN3O6S/c1-23-16-27(39)18-30(31-22-49-35(40-31)41-15-13-28(32(20-41)45-9)34(43)47-37(3,4)5)33(23)46-21-25-10-11-26-12-14-42(19-24(2)29(26)17-25)36(44)48-38(6,7)8/h10-11,16-18,22,24,28,32H,12-15,19-21H2,1-9H3/t24-,28-,32+/m0/s1. The predicted molar refractivity (Wildman–Crippen MR) is 190 cm³/mol. The number of hydrogen-bond donors (Lipinski definition) is 0. The minimum Gasteiger partial charge on any atom is -0.488 e. The maximum Gasteiger partial charge on any atom is 0.410 e. The van der Waals surface area contributed by atoms with Gasteiger partial charge in [0.1, 0.15) is 29.4 Å². The molecule has 0 saturated carbocycles. The number of aryl methyl sites for hydroxylation is 1. The summed E-state index contributed by atoms with van der Waals surface area (Å²) in [6.45, 7) is 17.8. The number of nitrogens with zero attached hydrogens (tertiary/aromatic N) is 3. The zero-order chi connectivity index (χ0) is 35.7. The second kappa shape index (κ2) is 14.6. The number of amides is 1. The Balaban J connectivity index is 1.30. The van der Waals surface area contributed by atoms with Crippen LogP contribution < -0.4 is 9.64 Å². The molecular weight excluding hydrogens is 645 g/mol. The van der Waals surface area contributed by atoms with Gasteiger partial charge in [-0.3, -0.25) is 4.79 Å². The molecule has 3 heterocycles. The van der Waals surface area contributed by atoms with Gasteiger partial charge in [0.2, 0.25) is 0 Å². The Kier molecular flexibility index (Phi) is 10.9. The lowest BCUT2D eigenvalue weighted by Crippen LogP contribution is -2.49. The number of piperidine rings is 1. The molecule has 5 rings (SSSR count). The molecule has 0 N–H and O–H groups in total. The smallest absolute Gasteiger partial charge is 0.410 e. The zero-order valence-electron chi connectivity index (χ0n) is 30.2. The number of esters is 1. The fraction of sp³-hybridized carbons (Fsp3) is 0.553. The van der Waals surface area contributed by atoms with E-state index < -0.39 is 11.2 Å². The van der Waals surface area contributed by atoms with Gasteiger partial charge in [-0.05, 0) is 102 Å². The molecule has 2 aliphatic rings. The van der Waals surface area contributed by atoms with E-state index in [0.717, 1.165) is 17.1 Å². The molecule has 2 aromatic carbocycles. The minimum absolute atomic E-state index is 0.119. The Bertz CT molecular complexity index is 1660. The summed E-state index contributed by atoms with van der Waals surface area (Å²) in [4.78, 5) is 34.5. The van der Waals surface area contributed by atoms with Gasteiger partial charge in [-0.15, -0.1) is 11.3 Å². The Hall–Kier alpha value is -3.70. The van der Waals surface area contributed by atoms with Crippen LogP contribution in [-0.2, 0) is 32.0 Å². The molecule has 3 atom stereocenters. The number of benzene rings is 2. The molecule has 266 valence electrons. The molecule has 49 heavy (non-hydrogen) atoms. The van der Waals surface area contributed by atoms with Crippen molar-refractivity contribution in [1.82, 2.24) is 9.88 Å². The van der Waals surface area contributed by atoms with E-state index in [1.54, 1.807) is 12.0 Å². The Morgan fingerprint density at radius 3 is 2.45 bits per heavy atom. The van der Waals surface area contributed by atoms with Crippen molar-refractivity contribution in [3.63, 3.8) is 0 Å². The first kappa shape index (κ1) is 36.6. The van der Waals surface area contributed by atoms with E-state index in [-0.39, 0.29) is 35.8 Å². The molecule has 9 nitrogen and oxygen atoms in total. The van der Waals surface area contributed by atoms with Crippen LogP contribution in [0.15, 0.2) is 35.7 Å². The lowest BCUT2D eigenvalue weighted by atomic mass is 9.93. The summed E-state index contributed by atoms with van der Waals surface area (Å²) >= 11 is 1.47. The van der Waals surface area contributed by atoms with Crippen molar-refractivity contribution in [2.75, 3.05) is 38.2 Å². The highest BCUT2D eigenvalue weighted by Gasteiger charge is 2.38. The van der Waals surface area contributed by atoms with Crippen LogP contribution in [-0.4, -0.2) is 72.5 Å². The second-order valence-electron chi connectivity index (χ2n) is 15.2. The molecule has 0 aliphatic carbocycles. The van der Waals surface area contributed by atoms with Crippen molar-refractivity contribution in [2.45, 2.75) is 98.1 Å². The molecule has 0 bridgehead atoms. The number of methoxy groups -OCH3 is 1. The quantitative estimate of drug-likeness (QED) is 0.231. The highest BCUT2D eigenvalue weighted by molar-refractivity contribution is 7.14. The van der Waals surface area contributed by atoms with E-state index in [4.69, 9.17) is 23.9 Å². The Morgan fingerprint density at radius 1 is 1.02 bits per heavy atom. The normalized spacial score (nSPS) is 20.0. The number of anilines is 1. The maximum atomic E-state index is 14.8. The number of rotatable bonds is 7. The van der Waals surface area contributed by atoms with E-state index in [1.807, 2.05) is 53.8 Å². The van der Waals surface area contributed by atoms with E-state index in [9.17, 15) is 14.0 Å². The third kappa shape index (κ3) is 9.11. The number of carbonyl (C=O) groups excluding carboxylic acids is 2. The van der Waals surface area contributed by atoms with Crippen LogP contribution in [0.1, 0.15) is 83.1 Å². The number of fused-ring (bicyclic) bond motifs is 1. The average molecular weight is 696 g/mol. The van der Waals surface area contributed by atoms with E-state index in [2.05, 4.69) is 30.0 Å². The lowest BCUT2D eigenvalue weighted by molar-refractivity contribution is -0.165. The molecule has 1 aromatic heterocycles. The summed E-state index contributed by atoms with van der Waals surface area (Å²) in [6.07, 6.45) is 0.699. The molecule has 1 fully saturated rings. The topological polar surface area (TPSA) is 90.4 Å². The first-order valence-corrected chi connectivity index (χ1v) is 17.9. The number of hydrogen-bond acceptors (Lipinski definition) is 9. The number of aromatic nitrogens is 1. The summed E-state index contributed by atoms with van der Waals surface area (Å²) in [5, 5.41) is 2.69. The molecule has 1 amide bonds. The van der Waals surface area contributed by atoms with Gasteiger partial charge in [0.25, 0.3) is 0 Å². The van der Waals surface area contributed by atoms with Gasteiger partial charge in [-0.2, -0.15) is 0 Å². The maximum absolute atomic E-state index is 14.8. The van der Waals surface area contributed by atoms with Crippen molar-refractivity contribution in [3.05, 3.63) is 63.8 Å².